The van der Waals surface area contributed by atoms with E-state index in [-0.39, 0.29) is 17.9 Å². The van der Waals surface area contributed by atoms with Gasteiger partial charge >= 0.3 is 0 Å². The minimum atomic E-state index is 0.108. The van der Waals surface area contributed by atoms with Crippen molar-refractivity contribution in [3.05, 3.63) is 52.6 Å². The Bertz CT molecular complexity index is 944. The number of likely N-dealkylation sites (N-methyl/N-ethyl adjacent to an activating group) is 1. The summed E-state index contributed by atoms with van der Waals surface area (Å²) in [6.07, 6.45) is 6.07. The lowest BCUT2D eigenvalue weighted by Gasteiger charge is -2.33. The maximum absolute atomic E-state index is 13.2. The van der Waals surface area contributed by atoms with Crippen LogP contribution in [-0.4, -0.2) is 58.5 Å². The molecule has 6 nitrogen and oxygen atoms in total. The molecule has 1 aromatic carbocycles. The molecule has 5 rings (SSSR count). The highest BCUT2D eigenvalue weighted by atomic mass is 16.5. The Kier molecular flexibility index (Phi) is 4.74. The number of aromatic nitrogens is 2. The summed E-state index contributed by atoms with van der Waals surface area (Å²) in [6.45, 7) is 5.52. The number of ether oxygens (including phenoxy) is 1. The van der Waals surface area contributed by atoms with Gasteiger partial charge in [0.2, 0.25) is 0 Å². The first kappa shape index (κ1) is 18.6. The van der Waals surface area contributed by atoms with Gasteiger partial charge in [-0.25, -0.2) is 9.97 Å². The van der Waals surface area contributed by atoms with E-state index in [2.05, 4.69) is 23.9 Å². The molecule has 0 N–H and O–H groups in total. The van der Waals surface area contributed by atoms with Crippen molar-refractivity contribution in [3.63, 3.8) is 0 Å². The van der Waals surface area contributed by atoms with E-state index in [9.17, 15) is 4.79 Å². The van der Waals surface area contributed by atoms with Crippen LogP contribution in [0.2, 0.25) is 0 Å². The zero-order valence-electron chi connectivity index (χ0n) is 17.2. The van der Waals surface area contributed by atoms with E-state index in [1.54, 1.807) is 0 Å². The third-order valence-electron chi connectivity index (χ3n) is 6.36. The summed E-state index contributed by atoms with van der Waals surface area (Å²) in [6, 6.07) is 5.85. The third kappa shape index (κ3) is 3.62. The topological polar surface area (TPSA) is 58.6 Å². The lowest BCUT2D eigenvalue weighted by atomic mass is 9.95. The molecule has 2 atom stereocenters. The lowest BCUT2D eigenvalue weighted by molar-refractivity contribution is 0.0704. The minimum absolute atomic E-state index is 0.108. The third-order valence-corrected chi connectivity index (χ3v) is 6.36. The summed E-state index contributed by atoms with van der Waals surface area (Å²) in [5, 5.41) is 0. The Hall–Kier alpha value is -2.47. The van der Waals surface area contributed by atoms with Gasteiger partial charge in [-0.15, -0.1) is 0 Å². The standard InChI is InChI=1S/C23H28N4O2/c1-15-10-18-11-16(5-6-21(18)29-15)23(28)27-8-3-4-17(14-27)22-24-12-19-13-26(2)9-7-20(19)25-22/h5-6,11-12,15,17H,3-4,7-10,13-14H2,1-2H3/t15-,17-/m1/s1. The van der Waals surface area contributed by atoms with Crippen molar-refractivity contribution in [1.29, 1.82) is 0 Å². The smallest absolute Gasteiger partial charge is 0.253 e. The summed E-state index contributed by atoms with van der Waals surface area (Å²) >= 11 is 0. The summed E-state index contributed by atoms with van der Waals surface area (Å²) in [5.41, 5.74) is 4.32. The number of likely N-dealkylation sites (tertiary alicyclic amines) is 1. The molecule has 0 bridgehead atoms. The number of rotatable bonds is 2. The second kappa shape index (κ2) is 7.41. The minimum Gasteiger partial charge on any atom is -0.490 e. The van der Waals surface area contributed by atoms with Crippen LogP contribution in [0, 0.1) is 0 Å². The van der Waals surface area contributed by atoms with Gasteiger partial charge < -0.3 is 14.5 Å². The first-order chi connectivity index (χ1) is 14.1. The van der Waals surface area contributed by atoms with Gasteiger partial charge in [0, 0.05) is 68.0 Å². The van der Waals surface area contributed by atoms with Gasteiger partial charge in [0.05, 0.1) is 0 Å². The Labute approximate surface area is 171 Å². The van der Waals surface area contributed by atoms with Crippen molar-refractivity contribution in [2.24, 2.45) is 0 Å². The highest BCUT2D eigenvalue weighted by Gasteiger charge is 2.29. The van der Waals surface area contributed by atoms with Crippen molar-refractivity contribution in [2.75, 3.05) is 26.7 Å². The van der Waals surface area contributed by atoms with E-state index in [0.717, 1.165) is 68.0 Å². The van der Waals surface area contributed by atoms with Crippen LogP contribution in [0.3, 0.4) is 0 Å². The molecule has 0 saturated carbocycles. The zero-order valence-corrected chi connectivity index (χ0v) is 17.2. The molecule has 6 heteroatoms. The van der Waals surface area contributed by atoms with Crippen LogP contribution in [-0.2, 0) is 19.4 Å². The number of hydrogen-bond donors (Lipinski definition) is 0. The van der Waals surface area contributed by atoms with Gasteiger partial charge in [-0.05, 0) is 50.6 Å². The zero-order chi connectivity index (χ0) is 20.0. The fourth-order valence-electron chi connectivity index (χ4n) is 4.78. The molecule has 3 aliphatic rings. The van der Waals surface area contributed by atoms with Gasteiger partial charge in [0.25, 0.3) is 5.91 Å². The number of carbonyl (C=O) groups is 1. The number of piperidine rings is 1. The number of benzene rings is 1. The predicted octanol–water partition coefficient (Wildman–Crippen LogP) is 2.81. The van der Waals surface area contributed by atoms with Crippen LogP contribution >= 0.6 is 0 Å². The Morgan fingerprint density at radius 1 is 1.24 bits per heavy atom. The van der Waals surface area contributed by atoms with E-state index in [0.29, 0.717) is 6.54 Å². The van der Waals surface area contributed by atoms with Crippen LogP contribution in [0.25, 0.3) is 0 Å². The van der Waals surface area contributed by atoms with E-state index in [1.807, 2.05) is 29.3 Å². The van der Waals surface area contributed by atoms with Crippen LogP contribution in [0.4, 0.5) is 0 Å². The molecule has 2 aromatic rings. The average molecular weight is 393 g/mol. The van der Waals surface area contributed by atoms with Gasteiger partial charge in [0.1, 0.15) is 17.7 Å². The fourth-order valence-corrected chi connectivity index (χ4v) is 4.78. The van der Waals surface area contributed by atoms with E-state index in [4.69, 9.17) is 9.72 Å². The van der Waals surface area contributed by atoms with E-state index < -0.39 is 0 Å². The quantitative estimate of drug-likeness (QED) is 0.787. The molecule has 29 heavy (non-hydrogen) atoms. The van der Waals surface area contributed by atoms with Gasteiger partial charge in [0.15, 0.2) is 0 Å². The highest BCUT2D eigenvalue weighted by molar-refractivity contribution is 5.94. The molecule has 0 unspecified atom stereocenters. The van der Waals surface area contributed by atoms with Gasteiger partial charge in [-0.1, -0.05) is 0 Å². The number of fused-ring (bicyclic) bond motifs is 2. The first-order valence-electron chi connectivity index (χ1n) is 10.7. The Balaban J connectivity index is 1.32. The maximum atomic E-state index is 13.2. The summed E-state index contributed by atoms with van der Waals surface area (Å²) in [4.78, 5) is 27.0. The molecule has 152 valence electrons. The number of hydrogen-bond acceptors (Lipinski definition) is 5. The normalized spacial score (nSPS) is 24.0. The van der Waals surface area contributed by atoms with Crippen LogP contribution < -0.4 is 4.74 Å². The number of carbonyl (C=O) groups excluding carboxylic acids is 1. The molecular weight excluding hydrogens is 364 g/mol. The molecule has 1 saturated heterocycles. The Morgan fingerprint density at radius 2 is 2.14 bits per heavy atom. The van der Waals surface area contributed by atoms with E-state index in [1.165, 1.54) is 11.3 Å². The second-order valence-electron chi connectivity index (χ2n) is 8.73. The average Bonchev–Trinajstić information content (AvgIpc) is 3.12. The monoisotopic (exact) mass is 392 g/mol. The van der Waals surface area contributed by atoms with Crippen LogP contribution in [0.1, 0.15) is 58.7 Å². The molecule has 1 fully saturated rings. The van der Waals surface area contributed by atoms with Crippen molar-refractivity contribution in [2.45, 2.75) is 51.2 Å². The number of nitrogens with zero attached hydrogens (tertiary/aromatic N) is 4. The largest absolute Gasteiger partial charge is 0.490 e. The summed E-state index contributed by atoms with van der Waals surface area (Å²) in [7, 11) is 2.13. The second-order valence-corrected chi connectivity index (χ2v) is 8.73. The van der Waals surface area contributed by atoms with Crippen molar-refractivity contribution < 1.29 is 9.53 Å². The lowest BCUT2D eigenvalue weighted by Crippen LogP contribution is -2.39. The molecule has 1 amide bonds. The fraction of sp³-hybridized carbons (Fsp3) is 0.522. The van der Waals surface area contributed by atoms with Crippen LogP contribution in [0.5, 0.6) is 5.75 Å². The molecule has 4 heterocycles. The summed E-state index contributed by atoms with van der Waals surface area (Å²) < 4.78 is 5.77. The summed E-state index contributed by atoms with van der Waals surface area (Å²) in [5.74, 6) is 2.15. The molecule has 0 aliphatic carbocycles. The molecule has 0 spiro atoms. The van der Waals surface area contributed by atoms with Gasteiger partial charge in [-0.3, -0.25) is 4.79 Å². The van der Waals surface area contributed by atoms with Crippen molar-refractivity contribution in [1.82, 2.24) is 19.8 Å². The van der Waals surface area contributed by atoms with Crippen molar-refractivity contribution in [3.8, 4) is 5.75 Å². The molecule has 1 aromatic heterocycles. The van der Waals surface area contributed by atoms with Crippen molar-refractivity contribution >= 4 is 5.91 Å². The number of amides is 1. The predicted molar refractivity (Wildman–Crippen MR) is 110 cm³/mol. The molecular formula is C23H28N4O2. The van der Waals surface area contributed by atoms with Gasteiger partial charge in [-0.2, -0.15) is 0 Å². The highest BCUT2D eigenvalue weighted by Crippen LogP contribution is 2.31. The van der Waals surface area contributed by atoms with E-state index >= 15 is 0 Å². The molecule has 0 radical (unpaired) electrons. The molecule has 3 aliphatic heterocycles. The SMILES string of the molecule is C[C@@H]1Cc2cc(C(=O)N3CCC[C@@H](c4ncc5c(n4)CCN(C)C5)C3)ccc2O1. The first-order valence-corrected chi connectivity index (χ1v) is 10.7. The van der Waals surface area contributed by atoms with Crippen LogP contribution in [0.15, 0.2) is 24.4 Å². The maximum Gasteiger partial charge on any atom is 0.253 e. The Morgan fingerprint density at radius 3 is 3.03 bits per heavy atom.